The van der Waals surface area contributed by atoms with Gasteiger partial charge in [-0.25, -0.2) is 15.0 Å². The summed E-state index contributed by atoms with van der Waals surface area (Å²) >= 11 is 0. The van der Waals surface area contributed by atoms with Gasteiger partial charge < -0.3 is 10.3 Å². The highest BCUT2D eigenvalue weighted by Crippen LogP contribution is 2.24. The number of hydrogen-bond donors (Lipinski definition) is 2. The molecule has 0 aliphatic carbocycles. The van der Waals surface area contributed by atoms with Crippen molar-refractivity contribution in [1.29, 1.82) is 0 Å². The second kappa shape index (κ2) is 4.73. The van der Waals surface area contributed by atoms with Gasteiger partial charge >= 0.3 is 0 Å². The number of aromatic amines is 1. The molecule has 2 aromatic heterocycles. The normalized spacial score (nSPS) is 10.7. The quantitative estimate of drug-likeness (QED) is 0.745. The van der Waals surface area contributed by atoms with Crippen LogP contribution in [-0.2, 0) is 0 Å². The van der Waals surface area contributed by atoms with E-state index in [4.69, 9.17) is 0 Å². The summed E-state index contributed by atoms with van der Waals surface area (Å²) in [6.07, 6.45) is 2.59. The van der Waals surface area contributed by atoms with Gasteiger partial charge in [0.05, 0.1) is 0 Å². The van der Waals surface area contributed by atoms with E-state index in [0.717, 1.165) is 16.6 Å². The first-order valence-electron chi connectivity index (χ1n) is 6.17. The van der Waals surface area contributed by atoms with E-state index in [1.54, 1.807) is 0 Å². The fraction of sp³-hybridized carbons (Fsp3) is 0.143. The lowest BCUT2D eigenvalue weighted by molar-refractivity contribution is 0.101. The van der Waals surface area contributed by atoms with Crippen molar-refractivity contribution in [3.63, 3.8) is 0 Å². The average Bonchev–Trinajstić information content (AvgIpc) is 2.75. The molecule has 2 heterocycles. The monoisotopic (exact) mass is 267 g/mol. The molecular formula is C14H13N5O. The second-order valence-corrected chi connectivity index (χ2v) is 4.55. The van der Waals surface area contributed by atoms with E-state index < -0.39 is 0 Å². The molecule has 6 nitrogen and oxygen atoms in total. The number of fused-ring (bicyclic) bond motifs is 1. The molecule has 0 aliphatic rings. The molecule has 6 heteroatoms. The molecule has 0 radical (unpaired) electrons. The summed E-state index contributed by atoms with van der Waals surface area (Å²) in [6, 6.07) is 5.72. The third-order valence-electron chi connectivity index (χ3n) is 3.26. The van der Waals surface area contributed by atoms with Crippen LogP contribution < -0.4 is 5.32 Å². The van der Waals surface area contributed by atoms with Gasteiger partial charge in [-0.05, 0) is 37.6 Å². The first-order chi connectivity index (χ1) is 9.65. The van der Waals surface area contributed by atoms with Gasteiger partial charge in [-0.3, -0.25) is 4.79 Å². The number of rotatable bonds is 2. The third kappa shape index (κ3) is 2.11. The van der Waals surface area contributed by atoms with Gasteiger partial charge in [-0.1, -0.05) is 0 Å². The largest absolute Gasteiger partial charge is 0.358 e. The number of anilines is 1. The molecule has 0 fully saturated rings. The average molecular weight is 267 g/mol. The zero-order valence-electron chi connectivity index (χ0n) is 11.1. The highest BCUT2D eigenvalue weighted by Gasteiger charge is 2.10. The molecule has 0 atom stereocenters. The Balaban J connectivity index is 1.91. The molecule has 3 aromatic rings. The van der Waals surface area contributed by atoms with Gasteiger partial charge in [-0.2, -0.15) is 0 Å². The summed E-state index contributed by atoms with van der Waals surface area (Å²) in [5.74, 6) is -0.251. The number of nitrogens with zero attached hydrogens (tertiary/aromatic N) is 3. The predicted molar refractivity (Wildman–Crippen MR) is 75.6 cm³/mol. The summed E-state index contributed by atoms with van der Waals surface area (Å²) in [6.45, 7) is 4.07. The molecule has 0 saturated carbocycles. The van der Waals surface area contributed by atoms with Gasteiger partial charge in [-0.15, -0.1) is 0 Å². The van der Waals surface area contributed by atoms with E-state index >= 15 is 0 Å². The van der Waals surface area contributed by atoms with Crippen molar-refractivity contribution >= 4 is 22.5 Å². The zero-order chi connectivity index (χ0) is 14.1. The molecule has 3 rings (SSSR count). The topological polar surface area (TPSA) is 83.6 Å². The van der Waals surface area contributed by atoms with Gasteiger partial charge in [0.1, 0.15) is 12.7 Å². The molecule has 100 valence electrons. The molecule has 20 heavy (non-hydrogen) atoms. The number of aromatic nitrogens is 4. The molecule has 2 N–H and O–H groups in total. The number of carbonyl (C=O) groups excluding carboxylic acids is 1. The number of benzene rings is 1. The number of nitrogens with one attached hydrogen (secondary N) is 2. The first kappa shape index (κ1) is 12.3. The van der Waals surface area contributed by atoms with E-state index in [2.05, 4.69) is 25.3 Å². The van der Waals surface area contributed by atoms with Crippen LogP contribution in [0.5, 0.6) is 0 Å². The summed E-state index contributed by atoms with van der Waals surface area (Å²) in [4.78, 5) is 26.6. The van der Waals surface area contributed by atoms with Crippen LogP contribution in [0.4, 0.5) is 5.69 Å². The Morgan fingerprint density at radius 1 is 1.20 bits per heavy atom. The lowest BCUT2D eigenvalue weighted by Crippen LogP contribution is -2.15. The molecule has 0 aliphatic heterocycles. The Morgan fingerprint density at radius 2 is 1.95 bits per heavy atom. The molecule has 0 saturated heterocycles. The van der Waals surface area contributed by atoms with Crippen LogP contribution in [0.15, 0.2) is 30.9 Å². The summed E-state index contributed by atoms with van der Waals surface area (Å²) in [5, 5.41) is 3.87. The highest BCUT2D eigenvalue weighted by molar-refractivity contribution is 6.02. The fourth-order valence-corrected chi connectivity index (χ4v) is 2.08. The Bertz CT molecular complexity index is 779. The van der Waals surface area contributed by atoms with E-state index in [1.807, 2.05) is 32.0 Å². The van der Waals surface area contributed by atoms with Crippen LogP contribution >= 0.6 is 0 Å². The van der Waals surface area contributed by atoms with Crippen LogP contribution in [0.2, 0.25) is 0 Å². The Labute approximate surface area is 115 Å². The third-order valence-corrected chi connectivity index (χ3v) is 3.26. The Hall–Kier alpha value is -2.76. The summed E-state index contributed by atoms with van der Waals surface area (Å²) < 4.78 is 0. The number of amides is 1. The van der Waals surface area contributed by atoms with Gasteiger partial charge in [0, 0.05) is 22.3 Å². The van der Waals surface area contributed by atoms with Crippen molar-refractivity contribution < 1.29 is 4.79 Å². The SMILES string of the molecule is Cc1[nH]c2ccc(NC(=O)c3ncncn3)cc2c1C. The van der Waals surface area contributed by atoms with Crippen molar-refractivity contribution in [1.82, 2.24) is 19.9 Å². The second-order valence-electron chi connectivity index (χ2n) is 4.55. The van der Waals surface area contributed by atoms with Gasteiger partial charge in [0.2, 0.25) is 5.82 Å². The van der Waals surface area contributed by atoms with Crippen molar-refractivity contribution in [3.8, 4) is 0 Å². The number of carbonyl (C=O) groups is 1. The minimum Gasteiger partial charge on any atom is -0.358 e. The van der Waals surface area contributed by atoms with Crippen LogP contribution in [0, 0.1) is 13.8 Å². The van der Waals surface area contributed by atoms with E-state index in [-0.39, 0.29) is 11.7 Å². The lowest BCUT2D eigenvalue weighted by atomic mass is 10.1. The maximum atomic E-state index is 12.0. The summed E-state index contributed by atoms with van der Waals surface area (Å²) in [7, 11) is 0. The van der Waals surface area contributed by atoms with Crippen molar-refractivity contribution in [2.45, 2.75) is 13.8 Å². The highest BCUT2D eigenvalue weighted by atomic mass is 16.2. The maximum Gasteiger partial charge on any atom is 0.293 e. The van der Waals surface area contributed by atoms with Crippen molar-refractivity contribution in [3.05, 3.63) is 47.9 Å². The first-order valence-corrected chi connectivity index (χ1v) is 6.17. The molecule has 0 unspecified atom stereocenters. The van der Waals surface area contributed by atoms with Gasteiger partial charge in [0.15, 0.2) is 0 Å². The zero-order valence-corrected chi connectivity index (χ0v) is 11.1. The molecule has 1 aromatic carbocycles. The van der Waals surface area contributed by atoms with E-state index in [0.29, 0.717) is 5.69 Å². The molecule has 0 bridgehead atoms. The van der Waals surface area contributed by atoms with Crippen molar-refractivity contribution in [2.24, 2.45) is 0 Å². The lowest BCUT2D eigenvalue weighted by Gasteiger charge is -2.04. The standard InChI is InChI=1S/C14H13N5O/c1-8-9(2)18-12-4-3-10(5-11(8)12)19-14(20)13-16-6-15-7-17-13/h3-7,18H,1-2H3,(H,19,20). The van der Waals surface area contributed by atoms with Crippen LogP contribution in [0.1, 0.15) is 21.9 Å². The van der Waals surface area contributed by atoms with Crippen LogP contribution in [-0.4, -0.2) is 25.8 Å². The number of H-pyrrole nitrogens is 1. The number of hydrogen-bond acceptors (Lipinski definition) is 4. The van der Waals surface area contributed by atoms with Crippen LogP contribution in [0.3, 0.4) is 0 Å². The Kier molecular flexibility index (Phi) is 2.90. The Morgan fingerprint density at radius 3 is 2.70 bits per heavy atom. The maximum absolute atomic E-state index is 12.0. The molecule has 1 amide bonds. The fourth-order valence-electron chi connectivity index (χ4n) is 2.08. The number of aryl methyl sites for hydroxylation is 2. The molecule has 0 spiro atoms. The smallest absolute Gasteiger partial charge is 0.293 e. The van der Waals surface area contributed by atoms with Crippen molar-refractivity contribution in [2.75, 3.05) is 5.32 Å². The minimum atomic E-state index is -0.350. The predicted octanol–water partition coefficient (Wildman–Crippen LogP) is 2.22. The van der Waals surface area contributed by atoms with E-state index in [9.17, 15) is 4.79 Å². The van der Waals surface area contributed by atoms with E-state index in [1.165, 1.54) is 18.2 Å². The van der Waals surface area contributed by atoms with Gasteiger partial charge in [0.25, 0.3) is 5.91 Å². The molecular weight excluding hydrogens is 254 g/mol. The summed E-state index contributed by atoms with van der Waals surface area (Å²) in [5.41, 5.74) is 4.07. The minimum absolute atomic E-state index is 0.0991. The van der Waals surface area contributed by atoms with Crippen LogP contribution in [0.25, 0.3) is 10.9 Å².